The zero-order valence-corrected chi connectivity index (χ0v) is 23.6. The van der Waals surface area contributed by atoms with Gasteiger partial charge >= 0.3 is 12.1 Å². The summed E-state index contributed by atoms with van der Waals surface area (Å²) >= 11 is 1.46. The van der Waals surface area contributed by atoms with E-state index >= 15 is 0 Å². The predicted octanol–water partition coefficient (Wildman–Crippen LogP) is 8.86. The highest BCUT2D eigenvalue weighted by Crippen LogP contribution is 2.49. The Morgan fingerprint density at radius 2 is 1.59 bits per heavy atom. The second-order valence-electron chi connectivity index (χ2n) is 10.7. The molecule has 1 saturated carbocycles. The average Bonchev–Trinajstić information content (AvgIpc) is 3.58. The summed E-state index contributed by atoms with van der Waals surface area (Å²) in [5.41, 5.74) is 4.94. The molecule has 3 aromatic carbocycles. The molecule has 214 valence electrons. The van der Waals surface area contributed by atoms with Gasteiger partial charge in [-0.1, -0.05) is 42.0 Å². The minimum Gasteiger partial charge on any atom is -0.481 e. The number of hydrogen-bond acceptors (Lipinski definition) is 4. The minimum atomic E-state index is -4.56. The van der Waals surface area contributed by atoms with Gasteiger partial charge in [-0.25, -0.2) is 8.70 Å². The lowest BCUT2D eigenvalue weighted by Crippen LogP contribution is -2.19. The van der Waals surface area contributed by atoms with Gasteiger partial charge < -0.3 is 9.52 Å². The highest BCUT2D eigenvalue weighted by molar-refractivity contribution is 7.97. The van der Waals surface area contributed by atoms with Crippen LogP contribution in [0.15, 0.2) is 76.0 Å². The largest absolute Gasteiger partial charge is 0.481 e. The fourth-order valence-corrected chi connectivity index (χ4v) is 6.21. The van der Waals surface area contributed by atoms with Crippen molar-refractivity contribution in [1.29, 1.82) is 0 Å². The van der Waals surface area contributed by atoms with Crippen molar-refractivity contribution in [3.8, 4) is 11.1 Å². The van der Waals surface area contributed by atoms with Crippen molar-refractivity contribution in [1.82, 2.24) is 4.31 Å². The Morgan fingerprint density at radius 3 is 2.15 bits per heavy atom. The second kappa shape index (κ2) is 11.0. The molecule has 9 heteroatoms. The summed E-state index contributed by atoms with van der Waals surface area (Å²) < 4.78 is 61.0. The second-order valence-corrected chi connectivity index (χ2v) is 11.8. The Balaban J connectivity index is 1.40. The maximum absolute atomic E-state index is 14.5. The number of furan rings is 1. The minimum absolute atomic E-state index is 0.139. The molecule has 4 aromatic rings. The molecular formula is C32H29F4NO3S. The van der Waals surface area contributed by atoms with Crippen LogP contribution in [0.5, 0.6) is 0 Å². The van der Waals surface area contributed by atoms with Gasteiger partial charge in [-0.2, -0.15) is 13.2 Å². The Morgan fingerprint density at radius 1 is 0.927 bits per heavy atom. The van der Waals surface area contributed by atoms with E-state index in [9.17, 15) is 27.5 Å². The number of aryl methyl sites for hydroxylation is 3. The number of benzene rings is 3. The van der Waals surface area contributed by atoms with Crippen LogP contribution in [-0.4, -0.2) is 15.4 Å². The van der Waals surface area contributed by atoms with E-state index in [0.717, 1.165) is 38.8 Å². The van der Waals surface area contributed by atoms with E-state index in [1.165, 1.54) is 30.1 Å². The van der Waals surface area contributed by atoms with E-state index in [1.807, 2.05) is 49.3 Å². The van der Waals surface area contributed by atoms with E-state index < -0.39 is 29.1 Å². The zero-order chi connectivity index (χ0) is 29.5. The molecule has 0 radical (unpaired) electrons. The number of halogens is 4. The highest BCUT2D eigenvalue weighted by atomic mass is 32.2. The Kier molecular flexibility index (Phi) is 7.78. The first kappa shape index (κ1) is 29.0. The number of nitrogens with zero attached hydrogens (tertiary/aromatic N) is 1. The van der Waals surface area contributed by atoms with Crippen molar-refractivity contribution in [2.24, 2.45) is 0 Å². The van der Waals surface area contributed by atoms with Crippen LogP contribution in [-0.2, 0) is 29.5 Å². The average molecular weight is 584 g/mol. The molecule has 0 atom stereocenters. The lowest BCUT2D eigenvalue weighted by molar-refractivity contribution is -0.153. The van der Waals surface area contributed by atoms with Crippen LogP contribution >= 0.6 is 11.9 Å². The quantitative estimate of drug-likeness (QED) is 0.158. The zero-order valence-electron chi connectivity index (χ0n) is 22.8. The van der Waals surface area contributed by atoms with Gasteiger partial charge in [0.05, 0.1) is 12.0 Å². The molecule has 0 aliphatic heterocycles. The smallest absolute Gasteiger partial charge is 0.449 e. The van der Waals surface area contributed by atoms with E-state index in [1.54, 1.807) is 6.07 Å². The predicted molar refractivity (Wildman–Crippen MR) is 150 cm³/mol. The molecule has 0 unspecified atom stereocenters. The fourth-order valence-electron chi connectivity index (χ4n) is 5.14. The maximum Gasteiger partial charge on any atom is 0.449 e. The van der Waals surface area contributed by atoms with Gasteiger partial charge in [0, 0.05) is 11.4 Å². The van der Waals surface area contributed by atoms with Crippen molar-refractivity contribution >= 4 is 17.9 Å². The molecule has 41 heavy (non-hydrogen) atoms. The monoisotopic (exact) mass is 583 g/mol. The summed E-state index contributed by atoms with van der Waals surface area (Å²) in [5, 5.41) is 9.64. The van der Waals surface area contributed by atoms with Gasteiger partial charge in [-0.3, -0.25) is 4.79 Å². The molecule has 0 saturated heterocycles. The number of hydrogen-bond donors (Lipinski definition) is 1. The SMILES string of the molecule is Cc1cc(C)c(SN(Cc2ccc(-c3cc(F)cc(C4(C(=O)O)CC4)c3)cc2)Cc2ccc(C(F)(F)F)o2)c(C)c1. The first-order chi connectivity index (χ1) is 19.3. The lowest BCUT2D eigenvalue weighted by Gasteiger charge is -2.23. The normalized spacial score (nSPS) is 14.4. The molecule has 5 rings (SSSR count). The summed E-state index contributed by atoms with van der Waals surface area (Å²) in [6.45, 7) is 6.57. The number of alkyl halides is 3. The lowest BCUT2D eigenvalue weighted by atomic mass is 9.92. The molecule has 1 aliphatic carbocycles. The number of aliphatic carboxylic acids is 1. The summed E-state index contributed by atoms with van der Waals surface area (Å²) in [5.74, 6) is -2.27. The van der Waals surface area contributed by atoms with Crippen molar-refractivity contribution in [2.75, 3.05) is 0 Å². The summed E-state index contributed by atoms with van der Waals surface area (Å²) in [6, 6.07) is 18.3. The van der Waals surface area contributed by atoms with Gasteiger partial charge in [0.2, 0.25) is 5.76 Å². The first-order valence-corrected chi connectivity index (χ1v) is 13.9. The third-order valence-corrected chi connectivity index (χ3v) is 8.70. The molecule has 0 amide bonds. The number of carbonyl (C=O) groups is 1. The van der Waals surface area contributed by atoms with Crippen LogP contribution in [0.2, 0.25) is 0 Å². The summed E-state index contributed by atoms with van der Waals surface area (Å²) in [4.78, 5) is 12.8. The van der Waals surface area contributed by atoms with Crippen molar-refractivity contribution in [3.63, 3.8) is 0 Å². The van der Waals surface area contributed by atoms with E-state index in [2.05, 4.69) is 12.1 Å². The fraction of sp³-hybridized carbons (Fsp3) is 0.281. The van der Waals surface area contributed by atoms with Gasteiger partial charge in [-0.05, 0) is 109 Å². The van der Waals surface area contributed by atoms with Gasteiger partial charge in [0.1, 0.15) is 11.6 Å². The van der Waals surface area contributed by atoms with E-state index in [-0.39, 0.29) is 12.3 Å². The third kappa shape index (κ3) is 6.36. The van der Waals surface area contributed by atoms with Crippen LogP contribution in [0.1, 0.15) is 52.2 Å². The van der Waals surface area contributed by atoms with Crippen LogP contribution in [0, 0.1) is 26.6 Å². The molecule has 0 spiro atoms. The van der Waals surface area contributed by atoms with Crippen LogP contribution in [0.3, 0.4) is 0 Å². The molecule has 0 bridgehead atoms. The van der Waals surface area contributed by atoms with Gasteiger partial charge in [0.25, 0.3) is 0 Å². The first-order valence-electron chi connectivity index (χ1n) is 13.1. The molecule has 1 fully saturated rings. The standard InChI is InChI=1S/C32H29F4NO3S/c1-19-12-20(2)29(21(3)13-19)41-37(18-27-8-9-28(40-27)32(34,35)36)17-22-4-6-23(7-5-22)24-14-25(16-26(33)15-24)31(10-11-31)30(38)39/h4-9,12-16H,10-11,17-18H2,1-3H3,(H,38,39). The van der Waals surface area contributed by atoms with Crippen molar-refractivity contribution in [3.05, 3.63) is 112 Å². The maximum atomic E-state index is 14.5. The molecular weight excluding hydrogens is 554 g/mol. The van der Waals surface area contributed by atoms with E-state index in [0.29, 0.717) is 30.5 Å². The number of carboxylic acid groups (broad SMARTS) is 1. The topological polar surface area (TPSA) is 53.7 Å². The molecule has 1 N–H and O–H groups in total. The third-order valence-electron chi connectivity index (χ3n) is 7.35. The molecule has 1 aliphatic rings. The van der Waals surface area contributed by atoms with Gasteiger partial charge in [-0.15, -0.1) is 0 Å². The summed E-state index contributed by atoms with van der Waals surface area (Å²) in [6.07, 6.45) is -3.59. The van der Waals surface area contributed by atoms with E-state index in [4.69, 9.17) is 4.42 Å². The summed E-state index contributed by atoms with van der Waals surface area (Å²) in [7, 11) is 0. The van der Waals surface area contributed by atoms with Crippen LogP contribution in [0.25, 0.3) is 11.1 Å². The molecule has 4 nitrogen and oxygen atoms in total. The van der Waals surface area contributed by atoms with Crippen molar-refractivity contribution < 1.29 is 31.9 Å². The van der Waals surface area contributed by atoms with Gasteiger partial charge in [0.15, 0.2) is 0 Å². The molecule has 1 heterocycles. The number of carboxylic acids is 1. The number of rotatable bonds is 9. The Hall–Kier alpha value is -3.56. The highest BCUT2D eigenvalue weighted by Gasteiger charge is 2.52. The Bertz CT molecular complexity index is 1570. The van der Waals surface area contributed by atoms with Crippen LogP contribution < -0.4 is 0 Å². The van der Waals surface area contributed by atoms with Crippen LogP contribution in [0.4, 0.5) is 17.6 Å². The Labute approximate surface area is 240 Å². The molecule has 1 aromatic heterocycles. The van der Waals surface area contributed by atoms with Crippen molar-refractivity contribution in [2.45, 2.75) is 63.2 Å².